The molecule has 1 atom stereocenters. The number of anilines is 3. The first-order valence-corrected chi connectivity index (χ1v) is 9.18. The monoisotopic (exact) mass is 324 g/mol. The number of benzene rings is 1. The summed E-state index contributed by atoms with van der Waals surface area (Å²) in [6.07, 6.45) is 7.88. The van der Waals surface area contributed by atoms with Crippen molar-refractivity contribution in [3.63, 3.8) is 0 Å². The average molecular weight is 324 g/mol. The third kappa shape index (κ3) is 3.53. The van der Waals surface area contributed by atoms with Gasteiger partial charge in [-0.05, 0) is 56.2 Å². The first-order chi connectivity index (χ1) is 11.7. The second-order valence-corrected chi connectivity index (χ2v) is 6.58. The molecule has 1 aromatic carbocycles. The summed E-state index contributed by atoms with van der Waals surface area (Å²) in [7, 11) is 0. The Kier molecular flexibility index (Phi) is 5.34. The third-order valence-electron chi connectivity index (χ3n) is 5.01. The van der Waals surface area contributed by atoms with Gasteiger partial charge >= 0.3 is 0 Å². The van der Waals surface area contributed by atoms with Crippen molar-refractivity contribution in [3.05, 3.63) is 41.6 Å². The van der Waals surface area contributed by atoms with E-state index < -0.39 is 0 Å². The smallest absolute Gasteiger partial charge is 0.229 e. The van der Waals surface area contributed by atoms with Crippen LogP contribution in [0.25, 0.3) is 0 Å². The van der Waals surface area contributed by atoms with Crippen molar-refractivity contribution in [2.45, 2.75) is 58.9 Å². The minimum Gasteiger partial charge on any atom is -0.353 e. The van der Waals surface area contributed by atoms with Crippen molar-refractivity contribution in [1.29, 1.82) is 0 Å². The molecule has 128 valence electrons. The van der Waals surface area contributed by atoms with E-state index in [2.05, 4.69) is 54.2 Å². The quantitative estimate of drug-likeness (QED) is 0.852. The summed E-state index contributed by atoms with van der Waals surface area (Å²) >= 11 is 0. The SMILES string of the molecule is CCc1cccc(C)c1Nc1nccc(N2CCCCC2CC)n1. The van der Waals surface area contributed by atoms with Crippen LogP contribution in [0.15, 0.2) is 30.5 Å². The Balaban J connectivity index is 1.86. The van der Waals surface area contributed by atoms with Gasteiger partial charge in [0.05, 0.1) is 0 Å². The second kappa shape index (κ2) is 7.65. The lowest BCUT2D eigenvalue weighted by Crippen LogP contribution is -2.39. The molecule has 0 saturated carbocycles. The van der Waals surface area contributed by atoms with Crippen molar-refractivity contribution in [1.82, 2.24) is 9.97 Å². The predicted molar refractivity (Wildman–Crippen MR) is 101 cm³/mol. The first-order valence-electron chi connectivity index (χ1n) is 9.18. The van der Waals surface area contributed by atoms with Gasteiger partial charge < -0.3 is 10.2 Å². The van der Waals surface area contributed by atoms with Gasteiger partial charge in [0, 0.05) is 24.5 Å². The molecule has 1 aromatic heterocycles. The van der Waals surface area contributed by atoms with Crippen LogP contribution in [0, 0.1) is 6.92 Å². The van der Waals surface area contributed by atoms with Crippen LogP contribution >= 0.6 is 0 Å². The lowest BCUT2D eigenvalue weighted by molar-refractivity contribution is 0.447. The molecule has 0 aliphatic carbocycles. The number of aryl methyl sites for hydroxylation is 2. The van der Waals surface area contributed by atoms with E-state index >= 15 is 0 Å². The molecule has 1 unspecified atom stereocenters. The molecule has 1 fully saturated rings. The van der Waals surface area contributed by atoms with E-state index in [0.29, 0.717) is 12.0 Å². The number of rotatable bonds is 5. The first kappa shape index (κ1) is 16.7. The number of hydrogen-bond acceptors (Lipinski definition) is 4. The van der Waals surface area contributed by atoms with E-state index in [1.54, 1.807) is 0 Å². The number of aromatic nitrogens is 2. The Morgan fingerprint density at radius 2 is 2.08 bits per heavy atom. The third-order valence-corrected chi connectivity index (χ3v) is 5.01. The minimum atomic E-state index is 0.603. The van der Waals surface area contributed by atoms with Gasteiger partial charge in [-0.1, -0.05) is 32.0 Å². The molecule has 24 heavy (non-hydrogen) atoms. The Morgan fingerprint density at radius 3 is 2.88 bits per heavy atom. The highest BCUT2D eigenvalue weighted by molar-refractivity contribution is 5.64. The molecule has 0 bridgehead atoms. The zero-order valence-electron chi connectivity index (χ0n) is 15.0. The molecule has 0 amide bonds. The molecule has 3 rings (SSSR count). The van der Waals surface area contributed by atoms with Gasteiger partial charge in [-0.3, -0.25) is 0 Å². The molecular weight excluding hydrogens is 296 g/mol. The molecule has 1 saturated heterocycles. The maximum atomic E-state index is 4.81. The van der Waals surface area contributed by atoms with Gasteiger partial charge in [-0.2, -0.15) is 4.98 Å². The number of hydrogen-bond donors (Lipinski definition) is 1. The van der Waals surface area contributed by atoms with Crippen molar-refractivity contribution in [3.8, 4) is 0 Å². The number of piperidine rings is 1. The highest BCUT2D eigenvalue weighted by Gasteiger charge is 2.22. The van der Waals surface area contributed by atoms with Crippen LogP contribution in [0.1, 0.15) is 50.7 Å². The summed E-state index contributed by atoms with van der Waals surface area (Å²) in [5.41, 5.74) is 3.67. The minimum absolute atomic E-state index is 0.603. The van der Waals surface area contributed by atoms with E-state index in [9.17, 15) is 0 Å². The number of para-hydroxylation sites is 1. The lowest BCUT2D eigenvalue weighted by Gasteiger charge is -2.36. The fourth-order valence-corrected chi connectivity index (χ4v) is 3.61. The number of nitrogens with zero attached hydrogens (tertiary/aromatic N) is 3. The van der Waals surface area contributed by atoms with Crippen LogP contribution in [0.5, 0.6) is 0 Å². The Labute approximate surface area is 145 Å². The molecule has 1 aliphatic heterocycles. The molecule has 0 spiro atoms. The number of nitrogens with one attached hydrogen (secondary N) is 1. The van der Waals surface area contributed by atoms with Crippen molar-refractivity contribution in [2.24, 2.45) is 0 Å². The normalized spacial score (nSPS) is 17.8. The van der Waals surface area contributed by atoms with Crippen molar-refractivity contribution in [2.75, 3.05) is 16.8 Å². The fraction of sp³-hybridized carbons (Fsp3) is 0.500. The molecule has 1 aliphatic rings. The highest BCUT2D eigenvalue weighted by atomic mass is 15.2. The van der Waals surface area contributed by atoms with Crippen molar-refractivity contribution < 1.29 is 0 Å². The molecule has 2 aromatic rings. The summed E-state index contributed by atoms with van der Waals surface area (Å²) in [5, 5.41) is 3.46. The Morgan fingerprint density at radius 1 is 1.21 bits per heavy atom. The van der Waals surface area contributed by atoms with Crippen LogP contribution < -0.4 is 10.2 Å². The summed E-state index contributed by atoms with van der Waals surface area (Å²) in [6, 6.07) is 9.04. The van der Waals surface area contributed by atoms with E-state index in [4.69, 9.17) is 4.98 Å². The van der Waals surface area contributed by atoms with Gasteiger partial charge in [-0.25, -0.2) is 4.98 Å². The maximum Gasteiger partial charge on any atom is 0.229 e. The molecule has 1 N–H and O–H groups in total. The largest absolute Gasteiger partial charge is 0.353 e. The van der Waals surface area contributed by atoms with Gasteiger partial charge in [-0.15, -0.1) is 0 Å². The van der Waals surface area contributed by atoms with Crippen LogP contribution in [-0.2, 0) is 6.42 Å². The predicted octanol–water partition coefficient (Wildman–Crippen LogP) is 4.86. The van der Waals surface area contributed by atoms with E-state index in [1.807, 2.05) is 12.3 Å². The molecule has 2 heterocycles. The second-order valence-electron chi connectivity index (χ2n) is 6.58. The molecule has 4 heteroatoms. The average Bonchev–Trinajstić information content (AvgIpc) is 2.63. The highest BCUT2D eigenvalue weighted by Crippen LogP contribution is 2.27. The summed E-state index contributed by atoms with van der Waals surface area (Å²) in [4.78, 5) is 11.7. The van der Waals surface area contributed by atoms with Gasteiger partial charge in [0.2, 0.25) is 5.95 Å². The van der Waals surface area contributed by atoms with Crippen LogP contribution in [0.4, 0.5) is 17.5 Å². The Hall–Kier alpha value is -2.10. The lowest BCUT2D eigenvalue weighted by atomic mass is 10.0. The molecular formula is C20H28N4. The summed E-state index contributed by atoms with van der Waals surface area (Å²) in [6.45, 7) is 7.67. The summed E-state index contributed by atoms with van der Waals surface area (Å²) in [5.74, 6) is 1.74. The Bertz CT molecular complexity index is 683. The topological polar surface area (TPSA) is 41.1 Å². The standard InChI is InChI=1S/C20H28N4/c1-4-16-10-8-9-15(3)19(16)23-20-21-13-12-18(22-20)24-14-7-6-11-17(24)5-2/h8-10,12-13,17H,4-7,11,14H2,1-3H3,(H,21,22,23). The van der Waals surface area contributed by atoms with Crippen LogP contribution in [0.3, 0.4) is 0 Å². The zero-order chi connectivity index (χ0) is 16.9. The zero-order valence-corrected chi connectivity index (χ0v) is 15.0. The van der Waals surface area contributed by atoms with Crippen LogP contribution in [-0.4, -0.2) is 22.6 Å². The van der Waals surface area contributed by atoms with E-state index in [1.165, 1.54) is 36.8 Å². The maximum absolute atomic E-state index is 4.81. The fourth-order valence-electron chi connectivity index (χ4n) is 3.61. The van der Waals surface area contributed by atoms with Gasteiger partial charge in [0.15, 0.2) is 0 Å². The molecule has 0 radical (unpaired) electrons. The van der Waals surface area contributed by atoms with Gasteiger partial charge in [0.1, 0.15) is 5.82 Å². The summed E-state index contributed by atoms with van der Waals surface area (Å²) < 4.78 is 0. The van der Waals surface area contributed by atoms with Crippen molar-refractivity contribution >= 4 is 17.5 Å². The van der Waals surface area contributed by atoms with E-state index in [-0.39, 0.29) is 0 Å². The molecule has 4 nitrogen and oxygen atoms in total. The van der Waals surface area contributed by atoms with Crippen LogP contribution in [0.2, 0.25) is 0 Å². The van der Waals surface area contributed by atoms with Gasteiger partial charge in [0.25, 0.3) is 0 Å². The van der Waals surface area contributed by atoms with E-state index in [0.717, 1.165) is 24.5 Å².